The van der Waals surface area contributed by atoms with Crippen molar-refractivity contribution in [2.24, 2.45) is 0 Å². The number of hydrogen-bond donors (Lipinski definition) is 1. The van der Waals surface area contributed by atoms with Crippen LogP contribution in [0.4, 0.5) is 5.69 Å². The molecule has 1 aromatic carbocycles. The van der Waals surface area contributed by atoms with Crippen LogP contribution in [-0.4, -0.2) is 21.0 Å². The summed E-state index contributed by atoms with van der Waals surface area (Å²) in [6, 6.07) is 4.47. The first-order valence-corrected chi connectivity index (χ1v) is 5.36. The number of carboxylic acid groups (broad SMARTS) is 1. The van der Waals surface area contributed by atoms with Crippen molar-refractivity contribution in [3.8, 4) is 11.5 Å². The second kappa shape index (κ2) is 4.52. The Balaban J connectivity index is 2.53. The van der Waals surface area contributed by atoms with Gasteiger partial charge in [0.15, 0.2) is 5.69 Å². The van der Waals surface area contributed by atoms with Gasteiger partial charge in [0.05, 0.1) is 4.92 Å². The number of aromatic carboxylic acids is 1. The third-order valence-electron chi connectivity index (χ3n) is 2.65. The lowest BCUT2D eigenvalue weighted by Crippen LogP contribution is -1.98. The first-order valence-electron chi connectivity index (χ1n) is 5.36. The number of nitrogens with zero attached hydrogens (tertiary/aromatic N) is 2. The van der Waals surface area contributed by atoms with Crippen LogP contribution in [0, 0.1) is 24.0 Å². The van der Waals surface area contributed by atoms with E-state index in [0.29, 0.717) is 11.1 Å². The summed E-state index contributed by atoms with van der Waals surface area (Å²) in [6.45, 7) is 3.09. The summed E-state index contributed by atoms with van der Waals surface area (Å²) in [6.07, 6.45) is 0. The van der Waals surface area contributed by atoms with Gasteiger partial charge in [0.2, 0.25) is 5.89 Å². The molecule has 0 fully saturated rings. The number of hydrogen-bond acceptors (Lipinski definition) is 5. The first kappa shape index (κ1) is 12.7. The summed E-state index contributed by atoms with van der Waals surface area (Å²) >= 11 is 0. The second-order valence-corrected chi connectivity index (χ2v) is 3.99. The van der Waals surface area contributed by atoms with Gasteiger partial charge in [-0.05, 0) is 19.9 Å². The lowest BCUT2D eigenvalue weighted by atomic mass is 10.1. The summed E-state index contributed by atoms with van der Waals surface area (Å²) in [5, 5.41) is 19.7. The fourth-order valence-corrected chi connectivity index (χ4v) is 1.66. The van der Waals surface area contributed by atoms with E-state index in [1.807, 2.05) is 0 Å². The van der Waals surface area contributed by atoms with Crippen LogP contribution in [0.2, 0.25) is 0 Å². The fourth-order valence-electron chi connectivity index (χ4n) is 1.66. The fraction of sp³-hybridized carbons (Fsp3) is 0.167. The van der Waals surface area contributed by atoms with Crippen LogP contribution in [0.15, 0.2) is 22.6 Å². The number of nitro groups is 1. The summed E-state index contributed by atoms with van der Waals surface area (Å²) in [5.74, 6) is -0.988. The molecule has 0 saturated carbocycles. The van der Waals surface area contributed by atoms with Crippen LogP contribution in [0.25, 0.3) is 11.5 Å². The normalized spacial score (nSPS) is 10.4. The molecule has 0 bridgehead atoms. The molecule has 1 N–H and O–H groups in total. The van der Waals surface area contributed by atoms with E-state index < -0.39 is 10.9 Å². The zero-order valence-electron chi connectivity index (χ0n) is 10.2. The molecule has 0 atom stereocenters. The number of carboxylic acids is 1. The topological polar surface area (TPSA) is 106 Å². The van der Waals surface area contributed by atoms with E-state index in [2.05, 4.69) is 4.98 Å². The van der Waals surface area contributed by atoms with Crippen molar-refractivity contribution in [2.75, 3.05) is 0 Å². The highest BCUT2D eigenvalue weighted by molar-refractivity contribution is 5.87. The third kappa shape index (κ3) is 2.30. The number of carbonyl (C=O) groups is 1. The van der Waals surface area contributed by atoms with Gasteiger partial charge in [0, 0.05) is 17.2 Å². The van der Waals surface area contributed by atoms with Crippen LogP contribution in [0.1, 0.15) is 21.8 Å². The Bertz CT molecular complexity index is 675. The van der Waals surface area contributed by atoms with Crippen LogP contribution >= 0.6 is 0 Å². The number of rotatable bonds is 3. The molecule has 1 heterocycles. The van der Waals surface area contributed by atoms with E-state index in [1.165, 1.54) is 13.0 Å². The van der Waals surface area contributed by atoms with Gasteiger partial charge in [-0.1, -0.05) is 6.07 Å². The van der Waals surface area contributed by atoms with E-state index in [-0.39, 0.29) is 23.0 Å². The highest BCUT2D eigenvalue weighted by atomic mass is 16.6. The molecule has 7 heteroatoms. The van der Waals surface area contributed by atoms with Crippen molar-refractivity contribution in [2.45, 2.75) is 13.8 Å². The number of benzene rings is 1. The van der Waals surface area contributed by atoms with Gasteiger partial charge in [0.25, 0.3) is 5.69 Å². The molecule has 0 radical (unpaired) electrons. The molecule has 0 amide bonds. The lowest BCUT2D eigenvalue weighted by Gasteiger charge is -1.99. The van der Waals surface area contributed by atoms with Crippen molar-refractivity contribution >= 4 is 11.7 Å². The maximum atomic E-state index is 10.9. The average Bonchev–Trinajstić information content (AvgIpc) is 2.71. The lowest BCUT2D eigenvalue weighted by molar-refractivity contribution is -0.385. The molecular weight excluding hydrogens is 252 g/mol. The summed E-state index contributed by atoms with van der Waals surface area (Å²) in [7, 11) is 0. The molecule has 1 aromatic heterocycles. The molecular formula is C12H10N2O5. The van der Waals surface area contributed by atoms with Crippen molar-refractivity contribution in [3.63, 3.8) is 0 Å². The van der Waals surface area contributed by atoms with Gasteiger partial charge < -0.3 is 9.52 Å². The van der Waals surface area contributed by atoms with E-state index in [1.54, 1.807) is 19.1 Å². The highest BCUT2D eigenvalue weighted by Gasteiger charge is 2.19. The number of nitro benzene ring substituents is 1. The Morgan fingerprint density at radius 2 is 2.11 bits per heavy atom. The molecule has 7 nitrogen and oxygen atoms in total. The standard InChI is InChI=1S/C12H10N2O5/c1-6-3-4-8(5-9(6)14(17)18)11-13-10(12(15)16)7(2)19-11/h3-5H,1-2H3,(H,15,16). The predicted molar refractivity (Wildman–Crippen MR) is 65.0 cm³/mol. The minimum Gasteiger partial charge on any atom is -0.476 e. The maximum Gasteiger partial charge on any atom is 0.358 e. The van der Waals surface area contributed by atoms with E-state index in [0.717, 1.165) is 0 Å². The molecule has 2 aromatic rings. The number of aromatic nitrogens is 1. The molecule has 2 rings (SSSR count). The van der Waals surface area contributed by atoms with Crippen LogP contribution < -0.4 is 0 Å². The Kier molecular flexibility index (Phi) is 3.04. The first-order chi connectivity index (χ1) is 8.90. The average molecular weight is 262 g/mol. The molecule has 0 spiro atoms. The van der Waals surface area contributed by atoms with Crippen molar-refractivity contribution in [1.82, 2.24) is 4.98 Å². The predicted octanol–water partition coefficient (Wildman–Crippen LogP) is 2.56. The molecule has 98 valence electrons. The molecule has 0 unspecified atom stereocenters. The molecule has 0 aliphatic rings. The van der Waals surface area contributed by atoms with Crippen molar-refractivity contribution in [1.29, 1.82) is 0 Å². The minimum absolute atomic E-state index is 0.0537. The molecule has 0 aliphatic heterocycles. The molecule has 19 heavy (non-hydrogen) atoms. The quantitative estimate of drug-likeness (QED) is 0.672. The number of aryl methyl sites for hydroxylation is 2. The SMILES string of the molecule is Cc1ccc(-c2nc(C(=O)O)c(C)o2)cc1[N+](=O)[O-]. The van der Waals surface area contributed by atoms with Gasteiger partial charge in [-0.25, -0.2) is 9.78 Å². The Morgan fingerprint density at radius 3 is 2.63 bits per heavy atom. The zero-order valence-corrected chi connectivity index (χ0v) is 10.2. The molecule has 0 aliphatic carbocycles. The van der Waals surface area contributed by atoms with Gasteiger partial charge >= 0.3 is 5.97 Å². The summed E-state index contributed by atoms with van der Waals surface area (Å²) in [4.78, 5) is 25.0. The second-order valence-electron chi connectivity index (χ2n) is 3.99. The van der Waals surface area contributed by atoms with Crippen molar-refractivity contribution in [3.05, 3.63) is 45.3 Å². The van der Waals surface area contributed by atoms with Gasteiger partial charge in [-0.3, -0.25) is 10.1 Å². The summed E-state index contributed by atoms with van der Waals surface area (Å²) < 4.78 is 5.22. The monoisotopic (exact) mass is 262 g/mol. The zero-order chi connectivity index (χ0) is 14.2. The maximum absolute atomic E-state index is 10.9. The Hall–Kier alpha value is -2.70. The smallest absolute Gasteiger partial charge is 0.358 e. The van der Waals surface area contributed by atoms with E-state index in [9.17, 15) is 14.9 Å². The number of oxazole rings is 1. The largest absolute Gasteiger partial charge is 0.476 e. The van der Waals surface area contributed by atoms with Gasteiger partial charge in [-0.15, -0.1) is 0 Å². The summed E-state index contributed by atoms with van der Waals surface area (Å²) in [5.41, 5.74) is 0.617. The molecule has 0 saturated heterocycles. The van der Waals surface area contributed by atoms with E-state index >= 15 is 0 Å². The van der Waals surface area contributed by atoms with Crippen LogP contribution in [-0.2, 0) is 0 Å². The van der Waals surface area contributed by atoms with Crippen LogP contribution in [0.3, 0.4) is 0 Å². The Labute approximate surface area is 107 Å². The minimum atomic E-state index is -1.20. The van der Waals surface area contributed by atoms with Gasteiger partial charge in [0.1, 0.15) is 5.76 Å². The van der Waals surface area contributed by atoms with Crippen LogP contribution in [0.5, 0.6) is 0 Å². The van der Waals surface area contributed by atoms with E-state index in [4.69, 9.17) is 9.52 Å². The van der Waals surface area contributed by atoms with Crippen molar-refractivity contribution < 1.29 is 19.2 Å². The van der Waals surface area contributed by atoms with Gasteiger partial charge in [-0.2, -0.15) is 0 Å². The Morgan fingerprint density at radius 1 is 1.42 bits per heavy atom. The highest BCUT2D eigenvalue weighted by Crippen LogP contribution is 2.27. The third-order valence-corrected chi connectivity index (χ3v) is 2.65.